The molecule has 0 unspecified atom stereocenters. The van der Waals surface area contributed by atoms with Gasteiger partial charge < -0.3 is 10.4 Å². The number of rotatable bonds is 3. The molecule has 1 aromatic carbocycles. The Morgan fingerprint density at radius 1 is 1.50 bits per heavy atom. The number of carbonyl (C=O) groups is 1. The molecule has 4 heteroatoms. The third-order valence-electron chi connectivity index (χ3n) is 2.28. The van der Waals surface area contributed by atoms with Gasteiger partial charge in [-0.05, 0) is 38.5 Å². The van der Waals surface area contributed by atoms with E-state index in [0.717, 1.165) is 5.56 Å². The van der Waals surface area contributed by atoms with Crippen LogP contribution in [0.1, 0.15) is 25.0 Å². The predicted octanol–water partition coefficient (Wildman–Crippen LogP) is 2.14. The molecule has 0 heterocycles. The van der Waals surface area contributed by atoms with E-state index in [2.05, 4.69) is 5.32 Å². The molecule has 2 N–H and O–H groups in total. The van der Waals surface area contributed by atoms with Gasteiger partial charge in [-0.3, -0.25) is 0 Å². The minimum atomic E-state index is -1.10. The van der Waals surface area contributed by atoms with Crippen LogP contribution in [-0.4, -0.2) is 16.6 Å². The van der Waals surface area contributed by atoms with Gasteiger partial charge in [-0.15, -0.1) is 0 Å². The van der Waals surface area contributed by atoms with Gasteiger partial charge in [0.25, 0.3) is 0 Å². The first-order valence-corrected chi connectivity index (χ1v) is 4.89. The summed E-state index contributed by atoms with van der Waals surface area (Å²) in [6.45, 7) is 5.00. The lowest BCUT2D eigenvalue weighted by molar-refractivity contribution is -0.141. The molecule has 0 saturated heterocycles. The number of benzene rings is 1. The van der Waals surface area contributed by atoms with Crippen molar-refractivity contribution in [1.82, 2.24) is 0 Å². The Bertz CT molecular complexity index is 459. The minimum Gasteiger partial charge on any atom is -0.480 e. The van der Waals surface area contributed by atoms with E-state index >= 15 is 0 Å². The van der Waals surface area contributed by atoms with Gasteiger partial charge in [0.1, 0.15) is 11.6 Å². The Kier molecular flexibility index (Phi) is 3.19. The van der Waals surface area contributed by atoms with E-state index in [0.29, 0.717) is 11.3 Å². The first-order chi connectivity index (χ1) is 7.36. The van der Waals surface area contributed by atoms with E-state index in [-0.39, 0.29) is 0 Å². The maximum absolute atomic E-state index is 11.0. The first-order valence-electron chi connectivity index (χ1n) is 4.89. The molecule has 0 aliphatic heterocycles. The molecule has 0 atom stereocenters. The van der Waals surface area contributed by atoms with Gasteiger partial charge in [-0.2, -0.15) is 5.26 Å². The van der Waals surface area contributed by atoms with Gasteiger partial charge in [0, 0.05) is 0 Å². The summed E-state index contributed by atoms with van der Waals surface area (Å²) >= 11 is 0. The molecule has 0 spiro atoms. The first kappa shape index (κ1) is 12.1. The van der Waals surface area contributed by atoms with Crippen LogP contribution in [0.25, 0.3) is 0 Å². The fraction of sp³-hybridized carbons (Fsp3) is 0.333. The predicted molar refractivity (Wildman–Crippen MR) is 61.2 cm³/mol. The van der Waals surface area contributed by atoms with E-state index in [1.54, 1.807) is 26.0 Å². The summed E-state index contributed by atoms with van der Waals surface area (Å²) in [6.07, 6.45) is 0. The Morgan fingerprint density at radius 2 is 2.12 bits per heavy atom. The second kappa shape index (κ2) is 4.23. The normalized spacial score (nSPS) is 10.6. The molecule has 0 saturated carbocycles. The smallest absolute Gasteiger partial charge is 0.328 e. The van der Waals surface area contributed by atoms with Crippen LogP contribution in [-0.2, 0) is 4.79 Å². The molecule has 0 amide bonds. The summed E-state index contributed by atoms with van der Waals surface area (Å²) in [5.74, 6) is -0.960. The van der Waals surface area contributed by atoms with Crippen molar-refractivity contribution in [2.24, 2.45) is 0 Å². The van der Waals surface area contributed by atoms with Crippen molar-refractivity contribution in [3.63, 3.8) is 0 Å². The van der Waals surface area contributed by atoms with E-state index in [1.807, 2.05) is 19.1 Å². The number of aryl methyl sites for hydroxylation is 1. The van der Waals surface area contributed by atoms with Crippen molar-refractivity contribution in [3.8, 4) is 6.07 Å². The number of aliphatic carboxylic acids is 1. The number of nitriles is 1. The average Bonchev–Trinajstić information content (AvgIpc) is 2.17. The largest absolute Gasteiger partial charge is 0.480 e. The van der Waals surface area contributed by atoms with Crippen molar-refractivity contribution >= 4 is 11.7 Å². The highest BCUT2D eigenvalue weighted by atomic mass is 16.4. The molecule has 4 nitrogen and oxygen atoms in total. The number of carboxylic acids is 1. The molecule has 0 bridgehead atoms. The Labute approximate surface area is 94.5 Å². The SMILES string of the molecule is Cc1ccc(C#N)c(NC(C)(C)C(=O)O)c1. The number of hydrogen-bond acceptors (Lipinski definition) is 3. The highest BCUT2D eigenvalue weighted by Crippen LogP contribution is 2.21. The van der Waals surface area contributed by atoms with E-state index in [9.17, 15) is 4.79 Å². The monoisotopic (exact) mass is 218 g/mol. The van der Waals surface area contributed by atoms with Crippen LogP contribution in [0.15, 0.2) is 18.2 Å². The molecule has 0 aromatic heterocycles. The van der Waals surface area contributed by atoms with Crippen LogP contribution in [0, 0.1) is 18.3 Å². The van der Waals surface area contributed by atoms with Crippen LogP contribution in [0.2, 0.25) is 0 Å². The second-order valence-corrected chi connectivity index (χ2v) is 4.22. The topological polar surface area (TPSA) is 73.1 Å². The van der Waals surface area contributed by atoms with Crippen LogP contribution in [0.5, 0.6) is 0 Å². The van der Waals surface area contributed by atoms with Crippen LogP contribution in [0.4, 0.5) is 5.69 Å². The zero-order chi connectivity index (χ0) is 12.3. The Hall–Kier alpha value is -2.02. The molecule has 1 aromatic rings. The molecule has 1 rings (SSSR count). The Balaban J connectivity index is 3.10. The molecule has 16 heavy (non-hydrogen) atoms. The third-order valence-corrected chi connectivity index (χ3v) is 2.28. The highest BCUT2D eigenvalue weighted by molar-refractivity contribution is 5.82. The maximum atomic E-state index is 11.0. The van der Waals surface area contributed by atoms with Crippen molar-refractivity contribution in [1.29, 1.82) is 5.26 Å². The van der Waals surface area contributed by atoms with E-state index in [1.165, 1.54) is 0 Å². The summed E-state index contributed by atoms with van der Waals surface area (Å²) in [6, 6.07) is 7.29. The van der Waals surface area contributed by atoms with Gasteiger partial charge in [0.05, 0.1) is 11.3 Å². The molecule has 0 radical (unpaired) electrons. The number of anilines is 1. The molecule has 84 valence electrons. The van der Waals surface area contributed by atoms with Crippen molar-refractivity contribution < 1.29 is 9.90 Å². The van der Waals surface area contributed by atoms with Crippen LogP contribution < -0.4 is 5.32 Å². The quantitative estimate of drug-likeness (QED) is 0.815. The summed E-state index contributed by atoms with van der Waals surface area (Å²) < 4.78 is 0. The van der Waals surface area contributed by atoms with Gasteiger partial charge in [0.2, 0.25) is 0 Å². The van der Waals surface area contributed by atoms with Crippen LogP contribution >= 0.6 is 0 Å². The standard InChI is InChI=1S/C12H14N2O2/c1-8-4-5-9(7-13)10(6-8)14-12(2,3)11(15)16/h4-6,14H,1-3H3,(H,15,16). The lowest BCUT2D eigenvalue weighted by Gasteiger charge is -2.23. The number of nitrogens with zero attached hydrogens (tertiary/aromatic N) is 1. The average molecular weight is 218 g/mol. The lowest BCUT2D eigenvalue weighted by Crippen LogP contribution is -2.40. The lowest BCUT2D eigenvalue weighted by atomic mass is 10.0. The zero-order valence-corrected chi connectivity index (χ0v) is 9.53. The van der Waals surface area contributed by atoms with Gasteiger partial charge in [-0.25, -0.2) is 4.79 Å². The van der Waals surface area contributed by atoms with E-state index in [4.69, 9.17) is 10.4 Å². The third kappa shape index (κ3) is 2.51. The summed E-state index contributed by atoms with van der Waals surface area (Å²) in [5.41, 5.74) is 0.872. The summed E-state index contributed by atoms with van der Waals surface area (Å²) in [4.78, 5) is 11.0. The summed E-state index contributed by atoms with van der Waals surface area (Å²) in [7, 11) is 0. The Morgan fingerprint density at radius 3 is 2.62 bits per heavy atom. The minimum absolute atomic E-state index is 0.444. The zero-order valence-electron chi connectivity index (χ0n) is 9.53. The second-order valence-electron chi connectivity index (χ2n) is 4.22. The number of carboxylic acid groups (broad SMARTS) is 1. The summed E-state index contributed by atoms with van der Waals surface area (Å²) in [5, 5.41) is 20.8. The fourth-order valence-corrected chi connectivity index (χ4v) is 1.25. The van der Waals surface area contributed by atoms with E-state index < -0.39 is 11.5 Å². The molecule has 0 fully saturated rings. The fourth-order valence-electron chi connectivity index (χ4n) is 1.25. The van der Waals surface area contributed by atoms with Crippen molar-refractivity contribution in [2.45, 2.75) is 26.3 Å². The van der Waals surface area contributed by atoms with Crippen molar-refractivity contribution in [3.05, 3.63) is 29.3 Å². The molecule has 0 aliphatic rings. The molecule has 0 aliphatic carbocycles. The van der Waals surface area contributed by atoms with Crippen molar-refractivity contribution in [2.75, 3.05) is 5.32 Å². The van der Waals surface area contributed by atoms with Gasteiger partial charge >= 0.3 is 5.97 Å². The van der Waals surface area contributed by atoms with Gasteiger partial charge in [-0.1, -0.05) is 6.07 Å². The highest BCUT2D eigenvalue weighted by Gasteiger charge is 2.27. The van der Waals surface area contributed by atoms with Crippen LogP contribution in [0.3, 0.4) is 0 Å². The number of hydrogen-bond donors (Lipinski definition) is 2. The molecular weight excluding hydrogens is 204 g/mol. The molecular formula is C12H14N2O2. The van der Waals surface area contributed by atoms with Gasteiger partial charge in [0.15, 0.2) is 0 Å². The number of nitrogens with one attached hydrogen (secondary N) is 1. The maximum Gasteiger partial charge on any atom is 0.328 e.